The quantitative estimate of drug-likeness (QED) is 0.572. The molecule has 0 radical (unpaired) electrons. The molecular formula is C18H34N2O. The van der Waals surface area contributed by atoms with Gasteiger partial charge in [-0.15, -0.1) is 0 Å². The highest BCUT2D eigenvalue weighted by Crippen LogP contribution is 2.29. The molecule has 3 nitrogen and oxygen atoms in total. The average molecular weight is 294 g/mol. The Balaban J connectivity index is 1.73. The Bertz CT molecular complexity index is 314. The van der Waals surface area contributed by atoms with E-state index in [4.69, 9.17) is 0 Å². The van der Waals surface area contributed by atoms with Crippen molar-refractivity contribution in [1.29, 1.82) is 0 Å². The Morgan fingerprint density at radius 2 is 1.76 bits per heavy atom. The van der Waals surface area contributed by atoms with E-state index in [1.54, 1.807) is 0 Å². The number of nitrogens with zero attached hydrogens (tertiary/aromatic N) is 2. The molecule has 1 saturated carbocycles. The van der Waals surface area contributed by atoms with Crippen LogP contribution in [0.4, 0.5) is 0 Å². The minimum absolute atomic E-state index is 0.385. The van der Waals surface area contributed by atoms with E-state index in [0.29, 0.717) is 24.5 Å². The van der Waals surface area contributed by atoms with E-state index in [2.05, 4.69) is 23.6 Å². The van der Waals surface area contributed by atoms with Gasteiger partial charge in [-0.3, -0.25) is 9.69 Å². The summed E-state index contributed by atoms with van der Waals surface area (Å²) in [5.41, 5.74) is 0. The summed E-state index contributed by atoms with van der Waals surface area (Å²) >= 11 is 0. The molecule has 0 aromatic rings. The van der Waals surface area contributed by atoms with Crippen LogP contribution >= 0.6 is 0 Å². The van der Waals surface area contributed by atoms with Gasteiger partial charge in [-0.1, -0.05) is 52.4 Å². The summed E-state index contributed by atoms with van der Waals surface area (Å²) in [6.45, 7) is 7.29. The van der Waals surface area contributed by atoms with Crippen molar-refractivity contribution in [2.75, 3.05) is 19.6 Å². The number of carbonyl (C=O) groups excluding carboxylic acids is 1. The second kappa shape index (κ2) is 8.77. The first-order chi connectivity index (χ1) is 10.3. The van der Waals surface area contributed by atoms with Gasteiger partial charge in [0.2, 0.25) is 5.91 Å². The minimum Gasteiger partial charge on any atom is -0.337 e. The van der Waals surface area contributed by atoms with Gasteiger partial charge in [-0.25, -0.2) is 0 Å². The minimum atomic E-state index is 0.385. The number of hydrogen-bond acceptors (Lipinski definition) is 2. The summed E-state index contributed by atoms with van der Waals surface area (Å²) in [5, 5.41) is 0. The third-order valence-corrected chi connectivity index (χ3v) is 5.05. The molecule has 0 aromatic carbocycles. The normalized spacial score (nSPS) is 21.8. The van der Waals surface area contributed by atoms with Crippen LogP contribution in [0, 0.1) is 0 Å². The molecule has 0 aromatic heterocycles. The van der Waals surface area contributed by atoms with Crippen molar-refractivity contribution in [3.05, 3.63) is 0 Å². The van der Waals surface area contributed by atoms with Crippen LogP contribution in [0.1, 0.15) is 78.1 Å². The summed E-state index contributed by atoms with van der Waals surface area (Å²) in [7, 11) is 0. The smallest absolute Gasteiger partial charge is 0.237 e. The molecule has 1 unspecified atom stereocenters. The lowest BCUT2D eigenvalue weighted by Gasteiger charge is -2.39. The molecule has 1 saturated heterocycles. The maximum absolute atomic E-state index is 12.3. The zero-order valence-electron chi connectivity index (χ0n) is 14.1. The Hall–Kier alpha value is -0.570. The maximum Gasteiger partial charge on any atom is 0.237 e. The van der Waals surface area contributed by atoms with Crippen LogP contribution in [0.5, 0.6) is 0 Å². The van der Waals surface area contributed by atoms with E-state index < -0.39 is 0 Å². The molecular weight excluding hydrogens is 260 g/mol. The van der Waals surface area contributed by atoms with Crippen molar-refractivity contribution < 1.29 is 4.79 Å². The molecule has 122 valence electrons. The first-order valence-corrected chi connectivity index (χ1v) is 9.29. The van der Waals surface area contributed by atoms with E-state index in [9.17, 15) is 4.79 Å². The molecule has 1 aliphatic carbocycles. The van der Waals surface area contributed by atoms with Gasteiger partial charge in [-0.2, -0.15) is 0 Å². The van der Waals surface area contributed by atoms with Crippen molar-refractivity contribution in [3.8, 4) is 0 Å². The number of amides is 1. The lowest BCUT2D eigenvalue weighted by Crippen LogP contribution is -2.54. The van der Waals surface area contributed by atoms with Crippen LogP contribution in [0.3, 0.4) is 0 Å². The highest BCUT2D eigenvalue weighted by Gasteiger charge is 2.36. The number of unbranched alkanes of at least 4 members (excludes halogenated alkanes) is 4. The second-order valence-electron chi connectivity index (χ2n) is 6.93. The van der Waals surface area contributed by atoms with Crippen LogP contribution in [0.15, 0.2) is 0 Å². The molecule has 1 amide bonds. The van der Waals surface area contributed by atoms with Crippen LogP contribution in [-0.2, 0) is 4.79 Å². The SMILES string of the molecule is CCCCCCCC(CCC)N1CCN(C2CC2)C(=O)C1. The predicted octanol–water partition coefficient (Wildman–Crippen LogP) is 3.82. The summed E-state index contributed by atoms with van der Waals surface area (Å²) in [6.07, 6.45) is 13.0. The molecule has 0 spiro atoms. The van der Waals surface area contributed by atoms with Crippen LogP contribution in [-0.4, -0.2) is 47.4 Å². The predicted molar refractivity (Wildman–Crippen MR) is 88.4 cm³/mol. The highest BCUT2D eigenvalue weighted by molar-refractivity contribution is 5.79. The summed E-state index contributed by atoms with van der Waals surface area (Å²) in [4.78, 5) is 16.9. The third kappa shape index (κ3) is 5.28. The first-order valence-electron chi connectivity index (χ1n) is 9.29. The summed E-state index contributed by atoms with van der Waals surface area (Å²) in [5.74, 6) is 0.385. The highest BCUT2D eigenvalue weighted by atomic mass is 16.2. The lowest BCUT2D eigenvalue weighted by atomic mass is 10.0. The van der Waals surface area contributed by atoms with Crippen molar-refractivity contribution >= 4 is 5.91 Å². The Labute approximate surface area is 131 Å². The van der Waals surface area contributed by atoms with E-state index in [1.807, 2.05) is 0 Å². The van der Waals surface area contributed by atoms with Gasteiger partial charge in [0, 0.05) is 25.2 Å². The summed E-state index contributed by atoms with van der Waals surface area (Å²) in [6, 6.07) is 1.24. The fraction of sp³-hybridized carbons (Fsp3) is 0.944. The molecule has 2 rings (SSSR count). The zero-order valence-corrected chi connectivity index (χ0v) is 14.1. The molecule has 21 heavy (non-hydrogen) atoms. The molecule has 0 N–H and O–H groups in total. The number of hydrogen-bond donors (Lipinski definition) is 0. The van der Waals surface area contributed by atoms with Crippen LogP contribution in [0.2, 0.25) is 0 Å². The molecule has 2 aliphatic rings. The number of piperazine rings is 1. The molecule has 3 heteroatoms. The lowest BCUT2D eigenvalue weighted by molar-refractivity contribution is -0.137. The van der Waals surface area contributed by atoms with Crippen molar-refractivity contribution in [3.63, 3.8) is 0 Å². The van der Waals surface area contributed by atoms with Gasteiger partial charge < -0.3 is 4.90 Å². The zero-order chi connectivity index (χ0) is 15.1. The van der Waals surface area contributed by atoms with Crippen LogP contribution in [0.25, 0.3) is 0 Å². The largest absolute Gasteiger partial charge is 0.337 e. The van der Waals surface area contributed by atoms with Crippen molar-refractivity contribution in [1.82, 2.24) is 9.80 Å². The molecule has 1 heterocycles. The van der Waals surface area contributed by atoms with E-state index in [0.717, 1.165) is 13.1 Å². The first kappa shape index (κ1) is 16.8. The molecule has 0 bridgehead atoms. The summed E-state index contributed by atoms with van der Waals surface area (Å²) < 4.78 is 0. The van der Waals surface area contributed by atoms with E-state index in [1.165, 1.54) is 64.2 Å². The van der Waals surface area contributed by atoms with Gasteiger partial charge in [0.15, 0.2) is 0 Å². The average Bonchev–Trinajstić information content (AvgIpc) is 3.30. The van der Waals surface area contributed by atoms with Crippen molar-refractivity contribution in [2.45, 2.75) is 90.1 Å². The molecule has 1 atom stereocenters. The van der Waals surface area contributed by atoms with Gasteiger partial charge in [0.1, 0.15) is 0 Å². The molecule has 1 aliphatic heterocycles. The van der Waals surface area contributed by atoms with E-state index >= 15 is 0 Å². The van der Waals surface area contributed by atoms with Gasteiger partial charge in [-0.05, 0) is 25.7 Å². The fourth-order valence-corrected chi connectivity index (χ4v) is 3.61. The number of rotatable bonds is 10. The fourth-order valence-electron chi connectivity index (χ4n) is 3.61. The second-order valence-corrected chi connectivity index (χ2v) is 6.93. The standard InChI is InChI=1S/C18H34N2O/c1-3-5-6-7-8-10-16(9-4-2)19-13-14-20(17-11-12-17)18(21)15-19/h16-17H,3-15H2,1-2H3. The van der Waals surface area contributed by atoms with Crippen LogP contribution < -0.4 is 0 Å². The van der Waals surface area contributed by atoms with Crippen molar-refractivity contribution in [2.24, 2.45) is 0 Å². The van der Waals surface area contributed by atoms with Gasteiger partial charge in [0.25, 0.3) is 0 Å². The Morgan fingerprint density at radius 1 is 1.00 bits per heavy atom. The van der Waals surface area contributed by atoms with Gasteiger partial charge in [0.05, 0.1) is 6.54 Å². The maximum atomic E-state index is 12.3. The topological polar surface area (TPSA) is 23.6 Å². The monoisotopic (exact) mass is 294 g/mol. The Kier molecular flexibility index (Phi) is 7.01. The van der Waals surface area contributed by atoms with E-state index in [-0.39, 0.29) is 0 Å². The Morgan fingerprint density at radius 3 is 2.38 bits per heavy atom. The van der Waals surface area contributed by atoms with Gasteiger partial charge >= 0.3 is 0 Å². The number of carbonyl (C=O) groups is 1. The molecule has 2 fully saturated rings. The third-order valence-electron chi connectivity index (χ3n) is 5.05.